The molecule has 0 aromatic heterocycles. The van der Waals surface area contributed by atoms with Crippen LogP contribution in [0.1, 0.15) is 5.56 Å². The second kappa shape index (κ2) is 5.33. The molecule has 0 saturated carbocycles. The van der Waals surface area contributed by atoms with Gasteiger partial charge in [-0.1, -0.05) is 22.0 Å². The summed E-state index contributed by atoms with van der Waals surface area (Å²) in [4.78, 5) is 0. The summed E-state index contributed by atoms with van der Waals surface area (Å²) >= 11 is 2.98. The van der Waals surface area contributed by atoms with Crippen molar-refractivity contribution < 1.29 is 17.9 Å². The van der Waals surface area contributed by atoms with Gasteiger partial charge in [-0.15, -0.1) is 0 Å². The van der Waals surface area contributed by atoms with E-state index in [9.17, 15) is 13.2 Å². The van der Waals surface area contributed by atoms with Crippen LogP contribution in [0.3, 0.4) is 0 Å². The first-order chi connectivity index (χ1) is 9.02. The highest BCUT2D eigenvalue weighted by atomic mass is 79.9. The maximum atomic E-state index is 13.5. The second-order valence-corrected chi connectivity index (χ2v) is 4.44. The maximum Gasteiger partial charge on any atom is 0.201 e. The van der Waals surface area contributed by atoms with Crippen LogP contribution in [0.4, 0.5) is 13.2 Å². The molecule has 0 radical (unpaired) electrons. The van der Waals surface area contributed by atoms with Crippen LogP contribution in [0.15, 0.2) is 34.8 Å². The Bertz CT molecular complexity index is 682. The molecule has 0 fully saturated rings. The van der Waals surface area contributed by atoms with Crippen LogP contribution >= 0.6 is 15.9 Å². The molecule has 96 valence electrons. The fourth-order valence-corrected chi connectivity index (χ4v) is 1.83. The summed E-state index contributed by atoms with van der Waals surface area (Å²) in [6, 6.07) is 7.39. The van der Waals surface area contributed by atoms with Gasteiger partial charge in [0.15, 0.2) is 11.6 Å². The smallest absolute Gasteiger partial charge is 0.201 e. The van der Waals surface area contributed by atoms with Gasteiger partial charge in [0.2, 0.25) is 5.82 Å². The average Bonchev–Trinajstić information content (AvgIpc) is 2.35. The van der Waals surface area contributed by atoms with Crippen molar-refractivity contribution in [3.05, 3.63) is 57.8 Å². The van der Waals surface area contributed by atoms with E-state index in [1.165, 1.54) is 18.2 Å². The lowest BCUT2D eigenvalue weighted by Crippen LogP contribution is -1.95. The molecule has 0 spiro atoms. The molecule has 0 aliphatic heterocycles. The number of ether oxygens (including phenoxy) is 1. The molecule has 2 rings (SSSR count). The zero-order valence-electron chi connectivity index (χ0n) is 9.25. The van der Waals surface area contributed by atoms with Crippen molar-refractivity contribution in [2.75, 3.05) is 0 Å². The lowest BCUT2D eigenvalue weighted by atomic mass is 10.2. The molecular weight excluding hydrogens is 323 g/mol. The number of hydrogen-bond donors (Lipinski definition) is 0. The van der Waals surface area contributed by atoms with Crippen molar-refractivity contribution in [3.63, 3.8) is 0 Å². The van der Waals surface area contributed by atoms with Gasteiger partial charge in [-0.25, -0.2) is 8.78 Å². The van der Waals surface area contributed by atoms with Crippen molar-refractivity contribution >= 4 is 15.9 Å². The first-order valence-corrected chi connectivity index (χ1v) is 5.83. The lowest BCUT2D eigenvalue weighted by Gasteiger charge is -2.09. The Hall–Kier alpha value is -2.00. The van der Waals surface area contributed by atoms with Gasteiger partial charge in [-0.2, -0.15) is 9.65 Å². The zero-order chi connectivity index (χ0) is 14.0. The Labute approximate surface area is 115 Å². The molecular formula is C13H5BrF3NO. The van der Waals surface area contributed by atoms with Gasteiger partial charge in [0.1, 0.15) is 23.2 Å². The molecule has 2 aromatic carbocycles. The summed E-state index contributed by atoms with van der Waals surface area (Å²) in [5.41, 5.74) is -0.373. The fourth-order valence-electron chi connectivity index (χ4n) is 1.42. The molecule has 19 heavy (non-hydrogen) atoms. The maximum absolute atomic E-state index is 13.5. The van der Waals surface area contributed by atoms with Gasteiger partial charge in [0.25, 0.3) is 0 Å². The normalized spacial score (nSPS) is 10.1. The van der Waals surface area contributed by atoms with E-state index in [1.54, 1.807) is 6.07 Å². The van der Waals surface area contributed by atoms with Crippen LogP contribution in [0.25, 0.3) is 0 Å². The third kappa shape index (κ3) is 2.71. The topological polar surface area (TPSA) is 33.0 Å². The second-order valence-electron chi connectivity index (χ2n) is 3.53. The third-order valence-corrected chi connectivity index (χ3v) is 2.72. The van der Waals surface area contributed by atoms with Crippen LogP contribution in [0, 0.1) is 28.8 Å². The van der Waals surface area contributed by atoms with E-state index in [4.69, 9.17) is 10.00 Å². The van der Waals surface area contributed by atoms with E-state index in [-0.39, 0.29) is 15.8 Å². The largest absolute Gasteiger partial charge is 0.453 e. The molecule has 0 heterocycles. The summed E-state index contributed by atoms with van der Waals surface area (Å²) < 4.78 is 45.3. The minimum absolute atomic E-state index is 0.182. The minimum Gasteiger partial charge on any atom is -0.453 e. The van der Waals surface area contributed by atoms with Gasteiger partial charge in [0.05, 0.1) is 0 Å². The van der Waals surface area contributed by atoms with E-state index < -0.39 is 23.2 Å². The van der Waals surface area contributed by atoms with Crippen molar-refractivity contribution in [1.29, 1.82) is 5.26 Å². The van der Waals surface area contributed by atoms with Gasteiger partial charge >= 0.3 is 0 Å². The molecule has 2 nitrogen and oxygen atoms in total. The summed E-state index contributed by atoms with van der Waals surface area (Å²) in [6.07, 6.45) is 0. The highest BCUT2D eigenvalue weighted by Gasteiger charge is 2.15. The van der Waals surface area contributed by atoms with Crippen molar-refractivity contribution in [2.45, 2.75) is 0 Å². The average molecular weight is 328 g/mol. The number of benzene rings is 2. The Morgan fingerprint density at radius 1 is 1.05 bits per heavy atom. The fraction of sp³-hybridized carbons (Fsp3) is 0. The van der Waals surface area contributed by atoms with E-state index >= 15 is 0 Å². The highest BCUT2D eigenvalue weighted by Crippen LogP contribution is 2.31. The van der Waals surface area contributed by atoms with Gasteiger partial charge in [0, 0.05) is 4.47 Å². The Morgan fingerprint density at radius 3 is 2.47 bits per heavy atom. The predicted molar refractivity (Wildman–Crippen MR) is 65.2 cm³/mol. The number of hydrogen-bond acceptors (Lipinski definition) is 2. The lowest BCUT2D eigenvalue weighted by molar-refractivity contribution is 0.412. The number of nitriles is 1. The van der Waals surface area contributed by atoms with Crippen LogP contribution in [-0.4, -0.2) is 0 Å². The molecule has 0 aliphatic rings. The number of rotatable bonds is 2. The summed E-state index contributed by atoms with van der Waals surface area (Å²) in [5, 5.41) is 8.81. The first kappa shape index (κ1) is 13.4. The molecule has 0 unspecified atom stereocenters. The highest BCUT2D eigenvalue weighted by molar-refractivity contribution is 9.10. The molecule has 0 atom stereocenters. The van der Waals surface area contributed by atoms with E-state index in [0.717, 1.165) is 12.1 Å². The third-order valence-electron chi connectivity index (χ3n) is 2.27. The van der Waals surface area contributed by atoms with Gasteiger partial charge < -0.3 is 4.74 Å². The molecule has 6 heteroatoms. The van der Waals surface area contributed by atoms with Crippen molar-refractivity contribution in [2.24, 2.45) is 0 Å². The van der Waals surface area contributed by atoms with Gasteiger partial charge in [-0.3, -0.25) is 0 Å². The van der Waals surface area contributed by atoms with Crippen LogP contribution < -0.4 is 4.74 Å². The Kier molecular flexibility index (Phi) is 3.76. The molecule has 0 amide bonds. The Morgan fingerprint density at radius 2 is 1.79 bits per heavy atom. The summed E-state index contributed by atoms with van der Waals surface area (Å²) in [5.74, 6) is -3.74. The van der Waals surface area contributed by atoms with Crippen molar-refractivity contribution in [3.8, 4) is 17.6 Å². The standard InChI is InChI=1S/C13H5BrF3NO/c14-7-4-10(16)13(17)12(5-7)19-11-3-1-2-9(15)8(11)6-18/h1-5H. The molecule has 2 aromatic rings. The summed E-state index contributed by atoms with van der Waals surface area (Å²) in [6.45, 7) is 0. The first-order valence-electron chi connectivity index (χ1n) is 5.04. The monoisotopic (exact) mass is 327 g/mol. The Balaban J connectivity index is 2.48. The molecule has 0 N–H and O–H groups in total. The molecule has 0 aliphatic carbocycles. The van der Waals surface area contributed by atoms with Crippen molar-refractivity contribution in [1.82, 2.24) is 0 Å². The van der Waals surface area contributed by atoms with Crippen LogP contribution in [-0.2, 0) is 0 Å². The summed E-state index contributed by atoms with van der Waals surface area (Å²) in [7, 11) is 0. The van der Waals surface area contributed by atoms with E-state index in [0.29, 0.717) is 0 Å². The minimum atomic E-state index is -1.21. The van der Waals surface area contributed by atoms with Crippen LogP contribution in [0.2, 0.25) is 0 Å². The number of halogens is 4. The molecule has 0 saturated heterocycles. The van der Waals surface area contributed by atoms with E-state index in [1.807, 2.05) is 0 Å². The predicted octanol–water partition coefficient (Wildman–Crippen LogP) is 4.53. The zero-order valence-corrected chi connectivity index (χ0v) is 10.8. The van der Waals surface area contributed by atoms with E-state index in [2.05, 4.69) is 15.9 Å². The number of nitrogens with zero attached hydrogens (tertiary/aromatic N) is 1. The van der Waals surface area contributed by atoms with Gasteiger partial charge in [-0.05, 0) is 24.3 Å². The molecule has 0 bridgehead atoms. The van der Waals surface area contributed by atoms with Crippen LogP contribution in [0.5, 0.6) is 11.5 Å². The SMILES string of the molecule is N#Cc1c(F)cccc1Oc1cc(Br)cc(F)c1F. The quantitative estimate of drug-likeness (QED) is 0.759.